The minimum Gasteiger partial charge on any atom is -0.351 e. The van der Waals surface area contributed by atoms with Crippen molar-refractivity contribution in [3.05, 3.63) is 22.5 Å². The van der Waals surface area contributed by atoms with Crippen molar-refractivity contribution in [2.24, 2.45) is 0 Å². The van der Waals surface area contributed by atoms with Gasteiger partial charge in [-0.25, -0.2) is 17.8 Å². The quantitative estimate of drug-likeness (QED) is 0.861. The van der Waals surface area contributed by atoms with Crippen LogP contribution in [0.25, 0.3) is 0 Å². The molecule has 1 aliphatic heterocycles. The highest BCUT2D eigenvalue weighted by molar-refractivity contribution is 7.88. The summed E-state index contributed by atoms with van der Waals surface area (Å²) in [5.41, 5.74) is -0.124. The first-order chi connectivity index (χ1) is 10.3. The molecule has 1 aliphatic rings. The fraction of sp³-hybridized carbons (Fsp3) is 0.714. The molecule has 1 N–H and O–H groups in total. The first-order valence-electron chi connectivity index (χ1n) is 7.59. The first-order valence-corrected chi connectivity index (χ1v) is 9.48. The molecular formula is C14H24N4O3S. The summed E-state index contributed by atoms with van der Waals surface area (Å²) in [5.74, 6) is 0.730. The molecule has 0 aliphatic carbocycles. The lowest BCUT2D eigenvalue weighted by Gasteiger charge is -2.36. The zero-order valence-electron chi connectivity index (χ0n) is 13.3. The van der Waals surface area contributed by atoms with E-state index < -0.39 is 10.0 Å². The second kappa shape index (κ2) is 6.78. The van der Waals surface area contributed by atoms with Crippen LogP contribution in [0.1, 0.15) is 39.2 Å². The average Bonchev–Trinajstić information content (AvgIpc) is 2.45. The number of piperidine rings is 1. The predicted molar refractivity (Wildman–Crippen MR) is 86.7 cm³/mol. The van der Waals surface area contributed by atoms with Crippen molar-refractivity contribution in [1.82, 2.24) is 14.5 Å². The van der Waals surface area contributed by atoms with Crippen molar-refractivity contribution in [2.75, 3.05) is 24.2 Å². The van der Waals surface area contributed by atoms with E-state index in [1.807, 2.05) is 13.8 Å². The predicted octanol–water partition coefficient (Wildman–Crippen LogP) is 0.732. The largest absolute Gasteiger partial charge is 0.351 e. The summed E-state index contributed by atoms with van der Waals surface area (Å²) in [6, 6.07) is 3.30. The van der Waals surface area contributed by atoms with E-state index in [9.17, 15) is 13.2 Å². The van der Waals surface area contributed by atoms with E-state index in [2.05, 4.69) is 14.7 Å². The Morgan fingerprint density at radius 3 is 2.73 bits per heavy atom. The molecule has 2 rings (SSSR count). The van der Waals surface area contributed by atoms with E-state index >= 15 is 0 Å². The number of anilines is 1. The van der Waals surface area contributed by atoms with E-state index in [-0.39, 0.29) is 17.6 Å². The fourth-order valence-electron chi connectivity index (χ4n) is 2.70. The minimum absolute atomic E-state index is 0.00941. The zero-order valence-corrected chi connectivity index (χ0v) is 14.1. The smallest absolute Gasteiger partial charge is 0.267 e. The van der Waals surface area contributed by atoms with Crippen LogP contribution in [0.5, 0.6) is 0 Å². The molecule has 0 saturated carbocycles. The third-order valence-electron chi connectivity index (χ3n) is 3.80. The highest BCUT2D eigenvalue weighted by atomic mass is 32.2. The Bertz CT molecular complexity index is 669. The topological polar surface area (TPSA) is 84.3 Å². The monoisotopic (exact) mass is 328 g/mol. The van der Waals surface area contributed by atoms with Crippen LogP contribution < -0.4 is 15.2 Å². The summed E-state index contributed by atoms with van der Waals surface area (Å²) in [6.45, 7) is 5.01. The van der Waals surface area contributed by atoms with Gasteiger partial charge in [0.25, 0.3) is 5.56 Å². The van der Waals surface area contributed by atoms with Crippen LogP contribution in [0.2, 0.25) is 0 Å². The van der Waals surface area contributed by atoms with Crippen LogP contribution in [-0.2, 0) is 10.0 Å². The molecule has 1 aromatic heterocycles. The minimum atomic E-state index is -3.21. The van der Waals surface area contributed by atoms with E-state index in [1.165, 1.54) is 10.7 Å². The van der Waals surface area contributed by atoms with Gasteiger partial charge in [-0.15, -0.1) is 0 Å². The average molecular weight is 328 g/mol. The third kappa shape index (κ3) is 4.30. The van der Waals surface area contributed by atoms with Crippen molar-refractivity contribution in [3.63, 3.8) is 0 Å². The maximum Gasteiger partial charge on any atom is 0.267 e. The van der Waals surface area contributed by atoms with Crippen molar-refractivity contribution in [2.45, 2.75) is 45.2 Å². The molecule has 0 spiro atoms. The fourth-order valence-corrected chi connectivity index (χ4v) is 3.20. The number of rotatable bonds is 5. The lowest BCUT2D eigenvalue weighted by molar-refractivity contribution is 0.437. The van der Waals surface area contributed by atoms with E-state index in [1.54, 1.807) is 6.07 Å². The Morgan fingerprint density at radius 2 is 2.09 bits per heavy atom. The van der Waals surface area contributed by atoms with Crippen LogP contribution in [0, 0.1) is 0 Å². The number of nitrogens with one attached hydrogen (secondary N) is 1. The Kier molecular flexibility index (Phi) is 5.23. The molecule has 0 bridgehead atoms. The molecule has 2 heterocycles. The molecule has 8 heteroatoms. The molecule has 1 saturated heterocycles. The zero-order chi connectivity index (χ0) is 16.3. The summed E-state index contributed by atoms with van der Waals surface area (Å²) in [6.07, 6.45) is 4.18. The van der Waals surface area contributed by atoms with Crippen molar-refractivity contribution < 1.29 is 8.42 Å². The molecule has 1 atom stereocenters. The molecular weight excluding hydrogens is 304 g/mol. The third-order valence-corrected chi connectivity index (χ3v) is 4.49. The van der Waals surface area contributed by atoms with Gasteiger partial charge in [0.1, 0.15) is 5.82 Å². The Morgan fingerprint density at radius 1 is 1.36 bits per heavy atom. The Labute approximate surface area is 131 Å². The van der Waals surface area contributed by atoms with Gasteiger partial charge in [0.05, 0.1) is 12.3 Å². The number of nitrogens with zero attached hydrogens (tertiary/aromatic N) is 3. The van der Waals surface area contributed by atoms with Crippen LogP contribution in [0.15, 0.2) is 16.9 Å². The standard InChI is InChI=1S/C14H24N4O3S/c1-11(2)18-14(19)8-7-13(16-18)17-9-5-4-6-12(17)10-15-22(3,20)21/h7-8,11-12,15H,4-6,9-10H2,1-3H3. The van der Waals surface area contributed by atoms with Crippen molar-refractivity contribution >= 4 is 15.8 Å². The molecule has 22 heavy (non-hydrogen) atoms. The summed E-state index contributed by atoms with van der Waals surface area (Å²) < 4.78 is 26.7. The number of hydrogen-bond acceptors (Lipinski definition) is 5. The van der Waals surface area contributed by atoms with Gasteiger partial charge in [-0.05, 0) is 39.2 Å². The highest BCUT2D eigenvalue weighted by Crippen LogP contribution is 2.22. The van der Waals surface area contributed by atoms with Gasteiger partial charge < -0.3 is 4.90 Å². The first kappa shape index (κ1) is 17.0. The maximum absolute atomic E-state index is 11.8. The van der Waals surface area contributed by atoms with Crippen LogP contribution in [0.3, 0.4) is 0 Å². The molecule has 7 nitrogen and oxygen atoms in total. The van der Waals surface area contributed by atoms with Crippen molar-refractivity contribution in [1.29, 1.82) is 0 Å². The highest BCUT2D eigenvalue weighted by Gasteiger charge is 2.25. The molecule has 1 fully saturated rings. The Hall–Kier alpha value is -1.41. The summed E-state index contributed by atoms with van der Waals surface area (Å²) >= 11 is 0. The number of sulfonamides is 1. The molecule has 0 amide bonds. The summed E-state index contributed by atoms with van der Waals surface area (Å²) in [5, 5.41) is 4.44. The maximum atomic E-state index is 11.8. The van der Waals surface area contributed by atoms with E-state index in [0.717, 1.165) is 37.9 Å². The summed E-state index contributed by atoms with van der Waals surface area (Å²) in [7, 11) is -3.21. The van der Waals surface area contributed by atoms with Crippen LogP contribution in [-0.4, -0.2) is 43.6 Å². The lowest BCUT2D eigenvalue weighted by Crippen LogP contribution is -2.47. The SMILES string of the molecule is CC(C)n1nc(N2CCCCC2CNS(C)(=O)=O)ccc1=O. The number of hydrogen-bond donors (Lipinski definition) is 1. The summed E-state index contributed by atoms with van der Waals surface area (Å²) in [4.78, 5) is 13.9. The van der Waals surface area contributed by atoms with Gasteiger partial charge in [0.15, 0.2) is 0 Å². The van der Waals surface area contributed by atoms with Gasteiger partial charge in [-0.2, -0.15) is 5.10 Å². The second-order valence-electron chi connectivity index (χ2n) is 6.03. The van der Waals surface area contributed by atoms with Gasteiger partial charge >= 0.3 is 0 Å². The van der Waals surface area contributed by atoms with Crippen LogP contribution >= 0.6 is 0 Å². The van der Waals surface area contributed by atoms with Crippen molar-refractivity contribution in [3.8, 4) is 0 Å². The molecule has 1 aromatic rings. The van der Waals surface area contributed by atoms with Gasteiger partial charge in [-0.1, -0.05) is 0 Å². The molecule has 1 unspecified atom stereocenters. The molecule has 0 radical (unpaired) electrons. The Balaban J connectivity index is 2.23. The van der Waals surface area contributed by atoms with E-state index in [0.29, 0.717) is 6.54 Å². The second-order valence-corrected chi connectivity index (χ2v) is 7.86. The molecule has 124 valence electrons. The lowest BCUT2D eigenvalue weighted by atomic mass is 10.0. The van der Waals surface area contributed by atoms with Gasteiger partial charge in [0.2, 0.25) is 10.0 Å². The van der Waals surface area contributed by atoms with Gasteiger partial charge in [0, 0.05) is 25.2 Å². The normalized spacial score (nSPS) is 19.6. The molecule has 0 aromatic carbocycles. The van der Waals surface area contributed by atoms with E-state index in [4.69, 9.17) is 0 Å². The van der Waals surface area contributed by atoms with Gasteiger partial charge in [-0.3, -0.25) is 4.79 Å². The number of aromatic nitrogens is 2. The van der Waals surface area contributed by atoms with Crippen LogP contribution in [0.4, 0.5) is 5.82 Å².